The number of rotatable bonds is 6. The van der Waals surface area contributed by atoms with E-state index in [1.807, 2.05) is 11.8 Å². The van der Waals surface area contributed by atoms with E-state index < -0.39 is 0 Å². The number of nitrogens with zero attached hydrogens (tertiary/aromatic N) is 3. The van der Waals surface area contributed by atoms with Gasteiger partial charge in [0.05, 0.1) is 0 Å². The van der Waals surface area contributed by atoms with Crippen molar-refractivity contribution >= 4 is 23.4 Å². The fourth-order valence-electron chi connectivity index (χ4n) is 2.62. The Kier molecular flexibility index (Phi) is 6.15. The van der Waals surface area contributed by atoms with Gasteiger partial charge in [-0.2, -0.15) is 11.8 Å². The van der Waals surface area contributed by atoms with E-state index in [2.05, 4.69) is 37.9 Å². The van der Waals surface area contributed by atoms with Gasteiger partial charge >= 0.3 is 0 Å². The second kappa shape index (κ2) is 7.87. The first-order valence-corrected chi connectivity index (χ1v) is 9.28. The lowest BCUT2D eigenvalue weighted by molar-refractivity contribution is 0.679. The highest BCUT2D eigenvalue weighted by molar-refractivity contribution is 7.99. The maximum absolute atomic E-state index is 4.87. The maximum atomic E-state index is 4.87. The van der Waals surface area contributed by atoms with Crippen molar-refractivity contribution in [3.05, 3.63) is 11.4 Å². The van der Waals surface area contributed by atoms with Crippen LogP contribution in [0.4, 0.5) is 11.6 Å². The molecule has 118 valence electrons. The van der Waals surface area contributed by atoms with Gasteiger partial charge in [0.1, 0.15) is 17.5 Å². The predicted molar refractivity (Wildman–Crippen MR) is 93.7 cm³/mol. The average Bonchev–Trinajstić information content (AvgIpc) is 2.48. The highest BCUT2D eigenvalue weighted by Gasteiger charge is 2.23. The molecule has 21 heavy (non-hydrogen) atoms. The van der Waals surface area contributed by atoms with Crippen LogP contribution in [0.5, 0.6) is 0 Å². The van der Waals surface area contributed by atoms with Crippen molar-refractivity contribution in [3.63, 3.8) is 0 Å². The van der Waals surface area contributed by atoms with E-state index in [9.17, 15) is 0 Å². The molecule has 0 amide bonds. The van der Waals surface area contributed by atoms with E-state index in [1.165, 1.54) is 17.1 Å². The Morgan fingerprint density at radius 2 is 2.10 bits per heavy atom. The minimum Gasteiger partial charge on any atom is -0.370 e. The first-order chi connectivity index (χ1) is 10.2. The smallest absolute Gasteiger partial charge is 0.137 e. The van der Waals surface area contributed by atoms with Gasteiger partial charge in [-0.25, -0.2) is 9.97 Å². The fourth-order valence-corrected chi connectivity index (χ4v) is 3.64. The van der Waals surface area contributed by atoms with Gasteiger partial charge in [-0.3, -0.25) is 0 Å². The Morgan fingerprint density at radius 1 is 1.29 bits per heavy atom. The molecule has 1 aliphatic rings. The fraction of sp³-hybridized carbons (Fsp3) is 0.750. The van der Waals surface area contributed by atoms with Gasteiger partial charge in [-0.1, -0.05) is 13.8 Å². The summed E-state index contributed by atoms with van der Waals surface area (Å²) in [7, 11) is 0. The molecule has 1 aliphatic heterocycles. The van der Waals surface area contributed by atoms with Crippen LogP contribution in [0, 0.1) is 6.92 Å². The second-order valence-corrected chi connectivity index (χ2v) is 6.88. The summed E-state index contributed by atoms with van der Waals surface area (Å²) < 4.78 is 0. The van der Waals surface area contributed by atoms with Gasteiger partial charge < -0.3 is 10.2 Å². The van der Waals surface area contributed by atoms with Crippen molar-refractivity contribution in [1.82, 2.24) is 9.97 Å². The molecule has 1 aromatic heterocycles. The van der Waals surface area contributed by atoms with Gasteiger partial charge in [0.25, 0.3) is 0 Å². The Balaban J connectivity index is 2.34. The summed E-state index contributed by atoms with van der Waals surface area (Å²) in [6.07, 6.45) is 3.14. The first kappa shape index (κ1) is 16.4. The van der Waals surface area contributed by atoms with Crippen molar-refractivity contribution in [2.75, 3.05) is 34.8 Å². The summed E-state index contributed by atoms with van der Waals surface area (Å²) in [5, 5.41) is 3.47. The van der Waals surface area contributed by atoms with Crippen molar-refractivity contribution in [2.45, 2.75) is 53.0 Å². The molecule has 1 N–H and O–H groups in total. The van der Waals surface area contributed by atoms with Crippen LogP contribution in [0.25, 0.3) is 0 Å². The van der Waals surface area contributed by atoms with Crippen LogP contribution in [-0.2, 0) is 6.42 Å². The molecule has 4 nitrogen and oxygen atoms in total. The third-order valence-corrected chi connectivity index (χ3v) is 5.01. The molecule has 0 saturated carbocycles. The summed E-state index contributed by atoms with van der Waals surface area (Å²) in [6.45, 7) is 10.9. The van der Waals surface area contributed by atoms with E-state index in [1.54, 1.807) is 0 Å². The second-order valence-electron chi connectivity index (χ2n) is 5.73. The standard InChI is InChI=1S/C16H28N4S/c1-5-7-14-18-15(17-8-6-2)13(4)16(19-14)20-9-10-21-11-12(20)3/h12H,5-11H2,1-4H3,(H,17,18,19). The van der Waals surface area contributed by atoms with Crippen LogP contribution in [0.15, 0.2) is 0 Å². The van der Waals surface area contributed by atoms with E-state index in [0.717, 1.165) is 49.8 Å². The minimum atomic E-state index is 0.547. The Hall–Kier alpha value is -0.970. The zero-order valence-corrected chi connectivity index (χ0v) is 14.6. The van der Waals surface area contributed by atoms with Crippen molar-refractivity contribution in [3.8, 4) is 0 Å². The number of anilines is 2. The average molecular weight is 308 g/mol. The SMILES string of the molecule is CCCNc1nc(CCC)nc(N2CCSCC2C)c1C. The largest absolute Gasteiger partial charge is 0.370 e. The van der Waals surface area contributed by atoms with Crippen molar-refractivity contribution in [2.24, 2.45) is 0 Å². The number of hydrogen-bond donors (Lipinski definition) is 1. The third kappa shape index (κ3) is 4.02. The summed E-state index contributed by atoms with van der Waals surface area (Å²) >= 11 is 2.04. The highest BCUT2D eigenvalue weighted by atomic mass is 32.2. The Bertz CT molecular complexity index is 464. The molecule has 1 fully saturated rings. The summed E-state index contributed by atoms with van der Waals surface area (Å²) in [5.74, 6) is 5.51. The van der Waals surface area contributed by atoms with Crippen LogP contribution < -0.4 is 10.2 Å². The van der Waals surface area contributed by atoms with E-state index in [0.29, 0.717) is 6.04 Å². The molecule has 0 radical (unpaired) electrons. The summed E-state index contributed by atoms with van der Waals surface area (Å²) in [4.78, 5) is 12.1. The third-order valence-electron chi connectivity index (χ3n) is 3.82. The Labute approximate surface area is 133 Å². The first-order valence-electron chi connectivity index (χ1n) is 8.13. The maximum Gasteiger partial charge on any atom is 0.137 e. The van der Waals surface area contributed by atoms with Crippen LogP contribution in [-0.4, -0.2) is 40.6 Å². The van der Waals surface area contributed by atoms with E-state index in [-0.39, 0.29) is 0 Å². The molecule has 0 aliphatic carbocycles. The van der Waals surface area contributed by atoms with Gasteiger partial charge in [0, 0.05) is 42.6 Å². The molecule has 5 heteroatoms. The molecular weight excluding hydrogens is 280 g/mol. The molecule has 0 bridgehead atoms. The van der Waals surface area contributed by atoms with Crippen LogP contribution in [0.2, 0.25) is 0 Å². The van der Waals surface area contributed by atoms with E-state index >= 15 is 0 Å². The summed E-state index contributed by atoms with van der Waals surface area (Å²) in [5.41, 5.74) is 1.20. The number of hydrogen-bond acceptors (Lipinski definition) is 5. The van der Waals surface area contributed by atoms with Crippen LogP contribution in [0.3, 0.4) is 0 Å². The van der Waals surface area contributed by atoms with Gasteiger partial charge in [-0.15, -0.1) is 0 Å². The topological polar surface area (TPSA) is 41.1 Å². The number of nitrogens with one attached hydrogen (secondary N) is 1. The lowest BCUT2D eigenvalue weighted by atomic mass is 10.2. The molecule has 1 saturated heterocycles. The number of thioether (sulfide) groups is 1. The lowest BCUT2D eigenvalue weighted by Gasteiger charge is -2.35. The number of aromatic nitrogens is 2. The quantitative estimate of drug-likeness (QED) is 0.871. The molecule has 0 spiro atoms. The monoisotopic (exact) mass is 308 g/mol. The minimum absolute atomic E-state index is 0.547. The summed E-state index contributed by atoms with van der Waals surface area (Å²) in [6, 6.07) is 0.547. The molecule has 1 unspecified atom stereocenters. The van der Waals surface area contributed by atoms with Crippen molar-refractivity contribution in [1.29, 1.82) is 0 Å². The van der Waals surface area contributed by atoms with E-state index in [4.69, 9.17) is 9.97 Å². The van der Waals surface area contributed by atoms with Gasteiger partial charge in [-0.05, 0) is 26.7 Å². The predicted octanol–water partition coefficient (Wildman–Crippen LogP) is 3.50. The van der Waals surface area contributed by atoms with Crippen LogP contribution in [0.1, 0.15) is 45.0 Å². The Morgan fingerprint density at radius 3 is 2.76 bits per heavy atom. The van der Waals surface area contributed by atoms with Gasteiger partial charge in [0.15, 0.2) is 0 Å². The lowest BCUT2D eigenvalue weighted by Crippen LogP contribution is -2.41. The molecule has 2 heterocycles. The number of aryl methyl sites for hydroxylation is 1. The van der Waals surface area contributed by atoms with Gasteiger partial charge in [0.2, 0.25) is 0 Å². The molecular formula is C16H28N4S. The molecule has 1 atom stereocenters. The zero-order valence-electron chi connectivity index (χ0n) is 13.8. The normalized spacial score (nSPS) is 18.9. The molecule has 0 aromatic carbocycles. The van der Waals surface area contributed by atoms with Crippen molar-refractivity contribution < 1.29 is 0 Å². The highest BCUT2D eigenvalue weighted by Crippen LogP contribution is 2.29. The zero-order chi connectivity index (χ0) is 15.2. The van der Waals surface area contributed by atoms with Crippen LogP contribution >= 0.6 is 11.8 Å². The molecule has 1 aromatic rings. The molecule has 2 rings (SSSR count).